The van der Waals surface area contributed by atoms with Gasteiger partial charge in [0.2, 0.25) is 11.8 Å². The number of fused-ring (bicyclic) bond motifs is 1. The van der Waals surface area contributed by atoms with Crippen LogP contribution in [0, 0.1) is 5.82 Å². The molecular weight excluding hydrogens is 501 g/mol. The second kappa shape index (κ2) is 11.5. The van der Waals surface area contributed by atoms with Crippen LogP contribution < -0.4 is 19.7 Å². The number of nitrogens with zero attached hydrogens (tertiary/aromatic N) is 4. The van der Waals surface area contributed by atoms with Gasteiger partial charge in [-0.15, -0.1) is 5.10 Å². The molecule has 2 amide bonds. The van der Waals surface area contributed by atoms with E-state index in [0.29, 0.717) is 34.7 Å². The Morgan fingerprint density at radius 3 is 2.46 bits per heavy atom. The van der Waals surface area contributed by atoms with E-state index in [1.165, 1.54) is 34.9 Å². The van der Waals surface area contributed by atoms with Gasteiger partial charge in [-0.3, -0.25) is 14.5 Å². The number of hydrogen-bond acceptors (Lipinski definition) is 6. The van der Waals surface area contributed by atoms with E-state index in [9.17, 15) is 9.59 Å². The van der Waals surface area contributed by atoms with E-state index >= 15 is 4.39 Å². The molecule has 4 rings (SSSR count). The number of nitrogens with one attached hydrogen (secondary N) is 1. The van der Waals surface area contributed by atoms with E-state index in [1.807, 2.05) is 39.8 Å². The Labute approximate surface area is 226 Å². The lowest BCUT2D eigenvalue weighted by Gasteiger charge is -2.34. The number of halogens is 1. The SMILES string of the molecule is CCOc1ccc([C@H](C(=O)NC(C)(C)C)N(C(=O)Cn2nnc3ccccc32)c2ccccc2F)cc1OC. The molecule has 10 heteroatoms. The maximum absolute atomic E-state index is 15.3. The highest BCUT2D eigenvalue weighted by molar-refractivity contribution is 6.01. The summed E-state index contributed by atoms with van der Waals surface area (Å²) in [5.41, 5.74) is 0.987. The first kappa shape index (κ1) is 27.6. The zero-order chi connectivity index (χ0) is 28.2. The third kappa shape index (κ3) is 6.17. The number of aromatic nitrogens is 3. The first-order valence-corrected chi connectivity index (χ1v) is 12.6. The van der Waals surface area contributed by atoms with Crippen LogP contribution in [0.25, 0.3) is 11.0 Å². The topological polar surface area (TPSA) is 98.6 Å². The van der Waals surface area contributed by atoms with Gasteiger partial charge in [0, 0.05) is 5.54 Å². The van der Waals surface area contributed by atoms with Crippen molar-refractivity contribution in [1.82, 2.24) is 20.3 Å². The molecule has 3 aromatic carbocycles. The van der Waals surface area contributed by atoms with Crippen molar-refractivity contribution in [1.29, 1.82) is 0 Å². The molecule has 0 aliphatic heterocycles. The van der Waals surface area contributed by atoms with E-state index in [0.717, 1.165) is 0 Å². The zero-order valence-corrected chi connectivity index (χ0v) is 22.6. The minimum absolute atomic E-state index is 0.0474. The van der Waals surface area contributed by atoms with Gasteiger partial charge < -0.3 is 14.8 Å². The number of para-hydroxylation sites is 2. The van der Waals surface area contributed by atoms with E-state index < -0.39 is 29.2 Å². The Morgan fingerprint density at radius 1 is 1.05 bits per heavy atom. The van der Waals surface area contributed by atoms with Crippen molar-refractivity contribution in [3.8, 4) is 11.5 Å². The highest BCUT2D eigenvalue weighted by atomic mass is 19.1. The van der Waals surface area contributed by atoms with Gasteiger partial charge in [-0.25, -0.2) is 9.07 Å². The summed E-state index contributed by atoms with van der Waals surface area (Å²) in [6.45, 7) is 7.48. The predicted molar refractivity (Wildman–Crippen MR) is 146 cm³/mol. The Morgan fingerprint density at radius 2 is 1.77 bits per heavy atom. The fourth-order valence-corrected chi connectivity index (χ4v) is 4.29. The number of hydrogen-bond donors (Lipinski definition) is 1. The standard InChI is InChI=1S/C29H32FN5O4/c1-6-39-24-16-15-19(17-25(24)38-5)27(28(37)31-29(2,3)4)35(22-13-9-7-11-20(22)30)26(36)18-34-23-14-10-8-12-21(23)32-33-34/h7-17,27H,6,18H2,1-5H3,(H,31,37)/t27-/m1/s1. The van der Waals surface area contributed by atoms with Gasteiger partial charge in [-0.05, 0) is 69.7 Å². The summed E-state index contributed by atoms with van der Waals surface area (Å²) in [5.74, 6) is -0.838. The van der Waals surface area contributed by atoms with Crippen LogP contribution in [0.3, 0.4) is 0 Å². The number of rotatable bonds is 9. The smallest absolute Gasteiger partial charge is 0.249 e. The predicted octanol–water partition coefficient (Wildman–Crippen LogP) is 4.67. The van der Waals surface area contributed by atoms with Gasteiger partial charge in [0.25, 0.3) is 0 Å². The molecule has 204 valence electrons. The summed E-state index contributed by atoms with van der Waals surface area (Å²) in [5, 5.41) is 11.2. The van der Waals surface area contributed by atoms with E-state index in [-0.39, 0.29) is 12.2 Å². The molecule has 0 bridgehead atoms. The molecule has 1 heterocycles. The molecule has 1 N–H and O–H groups in total. The van der Waals surface area contributed by atoms with Crippen LogP contribution in [0.4, 0.5) is 10.1 Å². The normalized spacial score (nSPS) is 12.2. The molecule has 9 nitrogen and oxygen atoms in total. The Hall–Kier alpha value is -4.47. The quantitative estimate of drug-likeness (QED) is 0.336. The molecule has 0 radical (unpaired) electrons. The Kier molecular flexibility index (Phi) is 8.13. The van der Waals surface area contributed by atoms with Crippen molar-refractivity contribution >= 4 is 28.5 Å². The third-order valence-corrected chi connectivity index (χ3v) is 5.89. The van der Waals surface area contributed by atoms with Crippen LogP contribution in [0.1, 0.15) is 39.3 Å². The van der Waals surface area contributed by atoms with Crippen LogP contribution in [-0.2, 0) is 16.1 Å². The fourth-order valence-electron chi connectivity index (χ4n) is 4.29. The van der Waals surface area contributed by atoms with E-state index in [2.05, 4.69) is 15.6 Å². The fraction of sp³-hybridized carbons (Fsp3) is 0.310. The summed E-state index contributed by atoms with van der Waals surface area (Å²) in [6.07, 6.45) is 0. The highest BCUT2D eigenvalue weighted by Crippen LogP contribution is 2.36. The van der Waals surface area contributed by atoms with Crippen molar-refractivity contribution in [2.75, 3.05) is 18.6 Å². The summed E-state index contributed by atoms with van der Waals surface area (Å²) < 4.78 is 27.9. The monoisotopic (exact) mass is 533 g/mol. The summed E-state index contributed by atoms with van der Waals surface area (Å²) in [7, 11) is 1.49. The van der Waals surface area contributed by atoms with Crippen molar-refractivity contribution in [3.05, 3.63) is 78.1 Å². The summed E-state index contributed by atoms with van der Waals surface area (Å²) in [4.78, 5) is 29.1. The first-order chi connectivity index (χ1) is 18.6. The Bertz CT molecular complexity index is 1480. The molecule has 0 unspecified atom stereocenters. The van der Waals surface area contributed by atoms with Crippen LogP contribution in [0.2, 0.25) is 0 Å². The van der Waals surface area contributed by atoms with Gasteiger partial charge in [0.1, 0.15) is 23.9 Å². The molecule has 0 fully saturated rings. The molecule has 0 saturated carbocycles. The number of methoxy groups -OCH3 is 1. The van der Waals surface area contributed by atoms with Gasteiger partial charge in [0.15, 0.2) is 11.5 Å². The molecule has 0 spiro atoms. The van der Waals surface area contributed by atoms with E-state index in [4.69, 9.17) is 9.47 Å². The number of anilines is 1. The minimum atomic E-state index is -1.24. The maximum atomic E-state index is 15.3. The van der Waals surface area contributed by atoms with Gasteiger partial charge in [-0.1, -0.05) is 35.5 Å². The van der Waals surface area contributed by atoms with Crippen LogP contribution in [-0.4, -0.2) is 46.1 Å². The van der Waals surface area contributed by atoms with Crippen LogP contribution >= 0.6 is 0 Å². The highest BCUT2D eigenvalue weighted by Gasteiger charge is 2.36. The second-order valence-corrected chi connectivity index (χ2v) is 9.94. The van der Waals surface area contributed by atoms with Gasteiger partial charge >= 0.3 is 0 Å². The van der Waals surface area contributed by atoms with Gasteiger partial charge in [-0.2, -0.15) is 0 Å². The maximum Gasteiger partial charge on any atom is 0.249 e. The first-order valence-electron chi connectivity index (χ1n) is 12.6. The number of ether oxygens (including phenoxy) is 2. The van der Waals surface area contributed by atoms with Crippen molar-refractivity contribution in [3.63, 3.8) is 0 Å². The average molecular weight is 534 g/mol. The number of amides is 2. The molecule has 1 aromatic heterocycles. The van der Waals surface area contributed by atoms with Crippen LogP contribution in [0.15, 0.2) is 66.7 Å². The van der Waals surface area contributed by atoms with Crippen molar-refractivity contribution in [2.45, 2.75) is 45.8 Å². The molecular formula is C29H32FN5O4. The summed E-state index contributed by atoms with van der Waals surface area (Å²) >= 11 is 0. The molecule has 0 aliphatic rings. The molecule has 4 aromatic rings. The van der Waals surface area contributed by atoms with E-state index in [1.54, 1.807) is 36.4 Å². The number of carbonyl (C=O) groups is 2. The lowest BCUT2D eigenvalue weighted by atomic mass is 10.00. The van der Waals surface area contributed by atoms with Crippen LogP contribution in [0.5, 0.6) is 11.5 Å². The molecule has 1 atom stereocenters. The third-order valence-electron chi connectivity index (χ3n) is 5.89. The lowest BCUT2D eigenvalue weighted by molar-refractivity contribution is -0.128. The molecule has 0 saturated heterocycles. The number of carbonyl (C=O) groups excluding carboxylic acids is 2. The zero-order valence-electron chi connectivity index (χ0n) is 22.6. The summed E-state index contributed by atoms with van der Waals surface area (Å²) in [6, 6.07) is 16.8. The molecule has 0 aliphatic carbocycles. The molecule has 39 heavy (non-hydrogen) atoms. The Balaban J connectivity index is 1.87. The van der Waals surface area contributed by atoms with Crippen molar-refractivity contribution in [2.24, 2.45) is 0 Å². The largest absolute Gasteiger partial charge is 0.493 e. The van der Waals surface area contributed by atoms with Crippen molar-refractivity contribution < 1.29 is 23.5 Å². The minimum Gasteiger partial charge on any atom is -0.493 e. The number of benzene rings is 3. The lowest BCUT2D eigenvalue weighted by Crippen LogP contribution is -2.50. The average Bonchev–Trinajstić information content (AvgIpc) is 3.30. The second-order valence-electron chi connectivity index (χ2n) is 9.94. The van der Waals surface area contributed by atoms with Gasteiger partial charge in [0.05, 0.1) is 24.9 Å².